The zero-order valence-electron chi connectivity index (χ0n) is 13.6. The van der Waals surface area contributed by atoms with E-state index in [1.807, 2.05) is 0 Å². The monoisotopic (exact) mass is 256 g/mol. The molecule has 18 heavy (non-hydrogen) atoms. The molecule has 0 heterocycles. The summed E-state index contributed by atoms with van der Waals surface area (Å²) in [7, 11) is 0. The lowest BCUT2D eigenvalue weighted by Gasteiger charge is -2.32. The highest BCUT2D eigenvalue weighted by Gasteiger charge is 2.20. The van der Waals surface area contributed by atoms with Gasteiger partial charge in [0.05, 0.1) is 0 Å². The molecular formula is C16H36N2. The summed E-state index contributed by atoms with van der Waals surface area (Å²) in [6.45, 7) is 18.2. The first-order chi connectivity index (χ1) is 8.36. The SMILES string of the molecule is CCC(CC)CN(CC)CC(CN)CC(C)(C)C. The number of rotatable bonds is 9. The van der Waals surface area contributed by atoms with E-state index in [2.05, 4.69) is 46.4 Å². The van der Waals surface area contributed by atoms with E-state index in [9.17, 15) is 0 Å². The lowest BCUT2D eigenvalue weighted by atomic mass is 9.84. The van der Waals surface area contributed by atoms with Crippen LogP contribution in [0.4, 0.5) is 0 Å². The Labute approximate surface area is 115 Å². The van der Waals surface area contributed by atoms with E-state index in [4.69, 9.17) is 5.73 Å². The second kappa shape index (κ2) is 8.92. The summed E-state index contributed by atoms with van der Waals surface area (Å²) in [6.07, 6.45) is 3.81. The highest BCUT2D eigenvalue weighted by molar-refractivity contribution is 4.74. The van der Waals surface area contributed by atoms with Crippen molar-refractivity contribution in [2.75, 3.05) is 26.2 Å². The second-order valence-corrected chi connectivity index (χ2v) is 6.90. The summed E-state index contributed by atoms with van der Waals surface area (Å²) in [4.78, 5) is 2.60. The van der Waals surface area contributed by atoms with Gasteiger partial charge in [-0.1, -0.05) is 54.4 Å². The van der Waals surface area contributed by atoms with E-state index in [1.54, 1.807) is 0 Å². The van der Waals surface area contributed by atoms with Crippen molar-refractivity contribution in [1.29, 1.82) is 0 Å². The molecule has 1 unspecified atom stereocenters. The molecule has 0 amide bonds. The summed E-state index contributed by atoms with van der Waals surface area (Å²) in [5, 5.41) is 0. The van der Waals surface area contributed by atoms with Crippen molar-refractivity contribution in [1.82, 2.24) is 4.90 Å². The van der Waals surface area contributed by atoms with Crippen molar-refractivity contribution in [2.24, 2.45) is 23.0 Å². The van der Waals surface area contributed by atoms with E-state index >= 15 is 0 Å². The van der Waals surface area contributed by atoms with Gasteiger partial charge in [-0.05, 0) is 36.8 Å². The van der Waals surface area contributed by atoms with Crippen LogP contribution >= 0.6 is 0 Å². The third-order valence-corrected chi connectivity index (χ3v) is 3.87. The standard InChI is InChI=1S/C16H36N2/c1-7-14(8-2)12-18(9-3)13-15(11-17)10-16(4,5)6/h14-15H,7-13,17H2,1-6H3. The van der Waals surface area contributed by atoms with Crippen LogP contribution in [-0.4, -0.2) is 31.1 Å². The summed E-state index contributed by atoms with van der Waals surface area (Å²) >= 11 is 0. The Balaban J connectivity index is 4.30. The van der Waals surface area contributed by atoms with Crippen molar-refractivity contribution in [3.05, 3.63) is 0 Å². The lowest BCUT2D eigenvalue weighted by molar-refractivity contribution is 0.175. The Morgan fingerprint density at radius 2 is 1.44 bits per heavy atom. The van der Waals surface area contributed by atoms with Gasteiger partial charge in [-0.15, -0.1) is 0 Å². The zero-order chi connectivity index (χ0) is 14.2. The summed E-state index contributed by atoms with van der Waals surface area (Å²) in [5.41, 5.74) is 6.34. The molecule has 0 spiro atoms. The van der Waals surface area contributed by atoms with E-state index < -0.39 is 0 Å². The predicted molar refractivity (Wildman–Crippen MR) is 82.8 cm³/mol. The Bertz CT molecular complexity index is 192. The zero-order valence-corrected chi connectivity index (χ0v) is 13.6. The third kappa shape index (κ3) is 8.10. The molecule has 2 nitrogen and oxygen atoms in total. The molecule has 0 bridgehead atoms. The number of hydrogen-bond acceptors (Lipinski definition) is 2. The third-order valence-electron chi connectivity index (χ3n) is 3.87. The van der Waals surface area contributed by atoms with Gasteiger partial charge in [-0.2, -0.15) is 0 Å². The molecule has 0 aliphatic heterocycles. The number of nitrogens with two attached hydrogens (primary N) is 1. The molecule has 110 valence electrons. The highest BCUT2D eigenvalue weighted by atomic mass is 15.1. The first-order valence-electron chi connectivity index (χ1n) is 7.78. The maximum atomic E-state index is 5.95. The maximum absolute atomic E-state index is 5.95. The van der Waals surface area contributed by atoms with Gasteiger partial charge in [0.2, 0.25) is 0 Å². The molecule has 0 radical (unpaired) electrons. The van der Waals surface area contributed by atoms with Gasteiger partial charge in [-0.3, -0.25) is 0 Å². The Morgan fingerprint density at radius 1 is 0.944 bits per heavy atom. The van der Waals surface area contributed by atoms with Gasteiger partial charge in [-0.25, -0.2) is 0 Å². The fourth-order valence-corrected chi connectivity index (χ4v) is 2.70. The van der Waals surface area contributed by atoms with E-state index in [0.29, 0.717) is 11.3 Å². The van der Waals surface area contributed by atoms with Crippen LogP contribution in [0.1, 0.15) is 60.8 Å². The minimum atomic E-state index is 0.387. The van der Waals surface area contributed by atoms with Crippen LogP contribution in [-0.2, 0) is 0 Å². The van der Waals surface area contributed by atoms with Crippen molar-refractivity contribution in [3.8, 4) is 0 Å². The summed E-state index contributed by atoms with van der Waals surface area (Å²) in [5.74, 6) is 1.48. The van der Waals surface area contributed by atoms with Crippen molar-refractivity contribution in [2.45, 2.75) is 60.8 Å². The van der Waals surface area contributed by atoms with Crippen LogP contribution in [0.25, 0.3) is 0 Å². The fraction of sp³-hybridized carbons (Fsp3) is 1.00. The largest absolute Gasteiger partial charge is 0.330 e. The van der Waals surface area contributed by atoms with Crippen LogP contribution in [0, 0.1) is 17.3 Å². The maximum Gasteiger partial charge on any atom is 0.00219 e. The molecule has 0 aromatic heterocycles. The van der Waals surface area contributed by atoms with Crippen LogP contribution < -0.4 is 5.73 Å². The molecule has 0 aromatic carbocycles. The van der Waals surface area contributed by atoms with Crippen molar-refractivity contribution < 1.29 is 0 Å². The lowest BCUT2D eigenvalue weighted by Crippen LogP contribution is -2.37. The van der Waals surface area contributed by atoms with Gasteiger partial charge >= 0.3 is 0 Å². The molecular weight excluding hydrogens is 220 g/mol. The van der Waals surface area contributed by atoms with Gasteiger partial charge in [0, 0.05) is 13.1 Å². The molecule has 2 N–H and O–H groups in total. The fourth-order valence-electron chi connectivity index (χ4n) is 2.70. The average molecular weight is 256 g/mol. The average Bonchev–Trinajstić information content (AvgIpc) is 2.31. The van der Waals surface area contributed by atoms with E-state index in [0.717, 1.165) is 19.0 Å². The molecule has 0 saturated carbocycles. The minimum absolute atomic E-state index is 0.387. The first-order valence-corrected chi connectivity index (χ1v) is 7.78. The molecule has 0 aliphatic rings. The van der Waals surface area contributed by atoms with Crippen LogP contribution in [0.15, 0.2) is 0 Å². The van der Waals surface area contributed by atoms with Crippen LogP contribution in [0.3, 0.4) is 0 Å². The van der Waals surface area contributed by atoms with Crippen LogP contribution in [0.2, 0.25) is 0 Å². The highest BCUT2D eigenvalue weighted by Crippen LogP contribution is 2.24. The molecule has 2 heteroatoms. The molecule has 0 saturated heterocycles. The Kier molecular flexibility index (Phi) is 8.89. The molecule has 0 fully saturated rings. The molecule has 0 rings (SSSR count). The van der Waals surface area contributed by atoms with Gasteiger partial charge in [0.25, 0.3) is 0 Å². The van der Waals surface area contributed by atoms with E-state index in [-0.39, 0.29) is 0 Å². The normalized spacial score (nSPS) is 14.5. The Hall–Kier alpha value is -0.0800. The van der Waals surface area contributed by atoms with E-state index in [1.165, 1.54) is 32.4 Å². The van der Waals surface area contributed by atoms with Crippen LogP contribution in [0.5, 0.6) is 0 Å². The van der Waals surface area contributed by atoms with Gasteiger partial charge in [0.15, 0.2) is 0 Å². The van der Waals surface area contributed by atoms with Gasteiger partial charge < -0.3 is 10.6 Å². The number of nitrogens with zero attached hydrogens (tertiary/aromatic N) is 1. The summed E-state index contributed by atoms with van der Waals surface area (Å²) < 4.78 is 0. The van der Waals surface area contributed by atoms with Crippen molar-refractivity contribution in [3.63, 3.8) is 0 Å². The topological polar surface area (TPSA) is 29.3 Å². The molecule has 0 aliphatic carbocycles. The molecule has 0 aromatic rings. The predicted octanol–water partition coefficient (Wildman–Crippen LogP) is 3.76. The summed E-state index contributed by atoms with van der Waals surface area (Å²) in [6, 6.07) is 0. The Morgan fingerprint density at radius 3 is 1.78 bits per heavy atom. The first kappa shape index (κ1) is 17.9. The number of hydrogen-bond donors (Lipinski definition) is 1. The second-order valence-electron chi connectivity index (χ2n) is 6.90. The van der Waals surface area contributed by atoms with Gasteiger partial charge in [0.1, 0.15) is 0 Å². The quantitative estimate of drug-likeness (QED) is 0.680. The minimum Gasteiger partial charge on any atom is -0.330 e. The van der Waals surface area contributed by atoms with Crippen molar-refractivity contribution >= 4 is 0 Å². The smallest absolute Gasteiger partial charge is 0.00219 e. The molecule has 1 atom stereocenters.